The molecule has 4 aromatic heterocycles. The summed E-state index contributed by atoms with van der Waals surface area (Å²) in [4.78, 5) is 70.1. The van der Waals surface area contributed by atoms with E-state index in [-0.39, 0.29) is 34.2 Å². The molecule has 2 aliphatic rings. The Labute approximate surface area is 285 Å². The van der Waals surface area contributed by atoms with E-state index in [1.165, 1.54) is 17.9 Å². The van der Waals surface area contributed by atoms with Gasteiger partial charge in [-0.2, -0.15) is 13.6 Å². The molecule has 0 spiro atoms. The highest BCUT2D eigenvalue weighted by Gasteiger charge is 2.51. The molecule has 11 N–H and O–H groups in total. The minimum absolute atomic E-state index is 0.0513. The van der Waals surface area contributed by atoms with Gasteiger partial charge in [0.15, 0.2) is 36.1 Å². The Bertz CT molecular complexity index is 2290. The highest BCUT2D eigenvalue weighted by atomic mass is 31.3. The molecule has 0 radical (unpaired) electrons. The highest BCUT2D eigenvalue weighted by Crippen LogP contribution is 2.67. The summed E-state index contributed by atoms with van der Waals surface area (Å²) in [6.07, 6.45) is -13.4. The van der Waals surface area contributed by atoms with Gasteiger partial charge in [0.05, 0.1) is 26.6 Å². The van der Waals surface area contributed by atoms with Crippen molar-refractivity contribution in [2.75, 3.05) is 24.7 Å². The van der Waals surface area contributed by atoms with Gasteiger partial charge < -0.3 is 45.8 Å². The van der Waals surface area contributed by atoms with E-state index in [2.05, 4.69) is 42.6 Å². The average molecular weight is 807 g/mol. The zero-order chi connectivity index (χ0) is 38.1. The van der Waals surface area contributed by atoms with Crippen LogP contribution in [0.15, 0.2) is 22.2 Å². The number of H-pyrrole nitrogens is 2. The number of imidazole rings is 2. The fourth-order valence-electron chi connectivity index (χ4n) is 5.37. The largest absolute Gasteiger partial charge is 0.490 e. The van der Waals surface area contributed by atoms with Crippen LogP contribution in [0.25, 0.3) is 22.3 Å². The molecule has 6 heterocycles. The fourth-order valence-corrected chi connectivity index (χ4v) is 8.89. The molecule has 0 aromatic carbocycles. The Morgan fingerprint density at radius 3 is 2.10 bits per heavy atom. The molecule has 0 aliphatic carbocycles. The number of ether oxygens (including phenoxy) is 2. The van der Waals surface area contributed by atoms with Gasteiger partial charge in [-0.3, -0.25) is 37.7 Å². The molecule has 0 bridgehead atoms. The lowest BCUT2D eigenvalue weighted by Crippen LogP contribution is -2.44. The van der Waals surface area contributed by atoms with Crippen molar-refractivity contribution in [2.45, 2.75) is 49.2 Å². The molecule has 2 fully saturated rings. The maximum atomic E-state index is 15.1. The number of aliphatic hydroxyl groups is 2. The average Bonchev–Trinajstić information content (AvgIpc) is 3.74. The van der Waals surface area contributed by atoms with Crippen LogP contribution in [0.4, 0.5) is 20.7 Å². The quantitative estimate of drug-likeness (QED) is 0.0523. The van der Waals surface area contributed by atoms with Gasteiger partial charge in [-0.15, -0.1) is 0 Å². The number of aromatic amines is 2. The van der Waals surface area contributed by atoms with Gasteiger partial charge in [0.2, 0.25) is 17.7 Å². The van der Waals surface area contributed by atoms with Crippen molar-refractivity contribution >= 4 is 57.7 Å². The molecule has 52 heavy (non-hydrogen) atoms. The summed E-state index contributed by atoms with van der Waals surface area (Å²) in [7, 11) is -16.1. The molecule has 0 saturated carbocycles. The third-order valence-electron chi connectivity index (χ3n) is 7.59. The number of rotatable bonds is 12. The number of phosphoric ester groups is 2. The van der Waals surface area contributed by atoms with E-state index in [1.807, 2.05) is 0 Å². The number of hydrogen-bond acceptors (Lipinski definition) is 18. The van der Waals surface area contributed by atoms with Crippen molar-refractivity contribution in [2.24, 2.45) is 7.05 Å². The summed E-state index contributed by atoms with van der Waals surface area (Å²) in [5.41, 5.74) is 8.92. The number of hydrogen-bond donors (Lipinski definition) is 9. The standard InChI is InChI=1S/C21H27F2N10O16P3/c1-31-5-33(15-11(31)17(37)30-21(25)28-15)19-9(23)13(35)7(47-19)3-45-51(40,41)49-52(42,43)48-50(38,39)44-2-6-12(34)8(22)18(46-6)32-4-26-10-14(32)27-20(24)29-16(10)36/h4-9,12-13,18-19,34-35H,2-3H2,1H3,(H8-,24,25,27,28,29,30,36,37,38,39,40,41,42,43)/p+1/t6-,7-,8-,9?,12-,13-,18-,19-/m1/s1. The first kappa shape index (κ1) is 38.1. The summed E-state index contributed by atoms with van der Waals surface area (Å²) in [6.45, 7) is -2.36. The van der Waals surface area contributed by atoms with Crippen LogP contribution < -0.4 is 27.2 Å². The number of nitrogens with two attached hydrogens (primary N) is 2. The predicted molar refractivity (Wildman–Crippen MR) is 162 cm³/mol. The van der Waals surface area contributed by atoms with E-state index in [0.717, 1.165) is 15.5 Å². The Morgan fingerprint density at radius 1 is 0.904 bits per heavy atom. The van der Waals surface area contributed by atoms with Crippen LogP contribution in [-0.2, 0) is 47.9 Å². The lowest BCUT2D eigenvalue weighted by atomic mass is 10.1. The van der Waals surface area contributed by atoms with Gasteiger partial charge in [0.25, 0.3) is 17.1 Å². The molecule has 2 saturated heterocycles. The van der Waals surface area contributed by atoms with Crippen molar-refractivity contribution in [3.63, 3.8) is 0 Å². The number of nitrogen functional groups attached to an aromatic ring is 2. The number of alkyl halides is 2. The molecule has 6 rings (SSSR count). The predicted octanol–water partition coefficient (Wildman–Crippen LogP) is -2.59. The first-order valence-corrected chi connectivity index (χ1v) is 18.8. The first-order valence-electron chi connectivity index (χ1n) is 14.3. The van der Waals surface area contributed by atoms with Gasteiger partial charge in [0, 0.05) is 0 Å². The van der Waals surface area contributed by atoms with Crippen molar-refractivity contribution < 1.29 is 79.1 Å². The highest BCUT2D eigenvalue weighted by molar-refractivity contribution is 7.66. The number of fused-ring (bicyclic) bond motifs is 2. The van der Waals surface area contributed by atoms with Crippen LogP contribution in [0, 0.1) is 0 Å². The van der Waals surface area contributed by atoms with Gasteiger partial charge >= 0.3 is 29.1 Å². The second-order valence-electron chi connectivity index (χ2n) is 11.2. The molecule has 11 atom stereocenters. The Kier molecular flexibility index (Phi) is 10.0. The number of nitrogens with one attached hydrogen (secondary N) is 2. The van der Waals surface area contributed by atoms with E-state index in [9.17, 15) is 52.6 Å². The number of aryl methyl sites for hydroxylation is 1. The summed E-state index contributed by atoms with van der Waals surface area (Å²) in [5, 5.41) is 20.7. The van der Waals surface area contributed by atoms with Gasteiger partial charge in [0.1, 0.15) is 24.4 Å². The van der Waals surface area contributed by atoms with E-state index >= 15 is 4.39 Å². The van der Waals surface area contributed by atoms with Crippen LogP contribution in [0.3, 0.4) is 0 Å². The van der Waals surface area contributed by atoms with E-state index in [4.69, 9.17) is 20.9 Å². The van der Waals surface area contributed by atoms with E-state index in [0.29, 0.717) is 0 Å². The Morgan fingerprint density at radius 2 is 1.46 bits per heavy atom. The first-order chi connectivity index (χ1) is 24.2. The molecule has 31 heteroatoms. The molecule has 4 aromatic rings. The lowest BCUT2D eigenvalue weighted by molar-refractivity contribution is -0.744. The number of phosphoric acid groups is 3. The van der Waals surface area contributed by atoms with Crippen molar-refractivity contribution in [1.29, 1.82) is 0 Å². The third-order valence-corrected chi connectivity index (χ3v) is 11.8. The van der Waals surface area contributed by atoms with Crippen molar-refractivity contribution in [1.82, 2.24) is 34.1 Å². The maximum Gasteiger partial charge on any atom is 0.490 e. The Balaban J connectivity index is 1.05. The molecule has 2 aliphatic heterocycles. The minimum Gasteiger partial charge on any atom is -0.387 e. The smallest absolute Gasteiger partial charge is 0.387 e. The number of halogens is 2. The fraction of sp³-hybridized carbons (Fsp3) is 0.524. The summed E-state index contributed by atoms with van der Waals surface area (Å²) < 4.78 is 98.3. The second-order valence-corrected chi connectivity index (χ2v) is 15.8. The number of aromatic nitrogens is 8. The lowest BCUT2D eigenvalue weighted by Gasteiger charge is -2.21. The zero-order valence-corrected chi connectivity index (χ0v) is 28.5. The van der Waals surface area contributed by atoms with Crippen LogP contribution in [0.2, 0.25) is 0 Å². The summed E-state index contributed by atoms with van der Waals surface area (Å²) in [6, 6.07) is 0. The molecule has 26 nitrogen and oxygen atoms in total. The number of anilines is 2. The molecule has 286 valence electrons. The number of aliphatic hydroxyl groups excluding tert-OH is 2. The molecule has 0 amide bonds. The van der Waals surface area contributed by atoms with Crippen molar-refractivity contribution in [3.8, 4) is 0 Å². The van der Waals surface area contributed by atoms with Crippen LogP contribution in [0.1, 0.15) is 12.5 Å². The monoisotopic (exact) mass is 807 g/mol. The molecular formula is C21H28F2N10O16P3+. The maximum absolute atomic E-state index is 15.1. The minimum atomic E-state index is -6.05. The van der Waals surface area contributed by atoms with Crippen LogP contribution >= 0.6 is 23.5 Å². The van der Waals surface area contributed by atoms with Gasteiger partial charge in [-0.05, 0) is 0 Å². The normalized spacial score (nSPS) is 30.1. The molecular weight excluding hydrogens is 779 g/mol. The number of nitrogens with zero attached hydrogens (tertiary/aromatic N) is 6. The van der Waals surface area contributed by atoms with Gasteiger partial charge in [-0.25, -0.2) is 32.0 Å². The third kappa shape index (κ3) is 7.44. The van der Waals surface area contributed by atoms with Crippen LogP contribution in [-0.4, -0.2) is 109 Å². The van der Waals surface area contributed by atoms with E-state index in [1.54, 1.807) is 0 Å². The second kappa shape index (κ2) is 13.7. The van der Waals surface area contributed by atoms with Gasteiger partial charge in [-0.1, -0.05) is 4.98 Å². The van der Waals surface area contributed by atoms with Crippen molar-refractivity contribution in [3.05, 3.63) is 33.4 Å². The Hall–Kier alpha value is -3.59. The summed E-state index contributed by atoms with van der Waals surface area (Å²) in [5.74, 6) is -0.681. The van der Waals surface area contributed by atoms with Crippen LogP contribution in [0.5, 0.6) is 0 Å². The summed E-state index contributed by atoms with van der Waals surface area (Å²) >= 11 is 0. The van der Waals surface area contributed by atoms with E-state index < -0.39 is 97.0 Å². The topological polar surface area (TPSA) is 378 Å². The molecule has 4 unspecified atom stereocenters. The zero-order valence-electron chi connectivity index (χ0n) is 25.9. The SMILES string of the molecule is Cn1c[n+]([C@@H]2O[C@H](COP(=O)(O)OP(=O)(O)OP(=O)(O)OC[C@H]3O[C@@H](n4cnc5c(=O)[nH]c(N)nc54)[C@H](F)[C@@H]3O)[C@@H](O)C2F)c2nc(N)[nH]c(=O)c21.